The van der Waals surface area contributed by atoms with Crippen molar-refractivity contribution < 1.29 is 4.39 Å². The van der Waals surface area contributed by atoms with Crippen LogP contribution in [0.4, 0.5) is 4.39 Å². The van der Waals surface area contributed by atoms with E-state index in [1.807, 2.05) is 17.8 Å². The first-order valence-electron chi connectivity index (χ1n) is 5.95. The smallest absolute Gasteiger partial charge is 0.123 e. The predicted molar refractivity (Wildman–Crippen MR) is 71.5 cm³/mol. The molecule has 0 aliphatic carbocycles. The van der Waals surface area contributed by atoms with Crippen molar-refractivity contribution in [1.29, 1.82) is 0 Å². The Morgan fingerprint density at radius 2 is 2.18 bits per heavy atom. The van der Waals surface area contributed by atoms with Crippen molar-refractivity contribution in [1.82, 2.24) is 4.90 Å². The van der Waals surface area contributed by atoms with Crippen LogP contribution >= 0.6 is 11.8 Å². The van der Waals surface area contributed by atoms with Crippen molar-refractivity contribution in [3.63, 3.8) is 0 Å². The highest BCUT2D eigenvalue weighted by Crippen LogP contribution is 2.23. The van der Waals surface area contributed by atoms with E-state index in [0.717, 1.165) is 17.7 Å². The minimum Gasteiger partial charge on any atom is -0.326 e. The highest BCUT2D eigenvalue weighted by Gasteiger charge is 2.20. The fraction of sp³-hybridized carbons (Fsp3) is 0.538. The molecule has 0 radical (unpaired) electrons. The highest BCUT2D eigenvalue weighted by molar-refractivity contribution is 7.99. The zero-order chi connectivity index (χ0) is 12.3. The summed E-state index contributed by atoms with van der Waals surface area (Å²) < 4.78 is 13.4. The monoisotopic (exact) mass is 254 g/mol. The SMILES string of the molecule is CN(Cc1cc(F)cc(CN)c1)C1CCSC1. The number of nitrogens with zero attached hydrogens (tertiary/aromatic N) is 1. The zero-order valence-corrected chi connectivity index (χ0v) is 11.0. The molecular weight excluding hydrogens is 235 g/mol. The van der Waals surface area contributed by atoms with Gasteiger partial charge in [0.05, 0.1) is 0 Å². The van der Waals surface area contributed by atoms with E-state index in [-0.39, 0.29) is 5.82 Å². The van der Waals surface area contributed by atoms with Gasteiger partial charge in [0.25, 0.3) is 0 Å². The van der Waals surface area contributed by atoms with Gasteiger partial charge in [0.2, 0.25) is 0 Å². The average molecular weight is 254 g/mol. The van der Waals surface area contributed by atoms with E-state index in [1.54, 1.807) is 6.07 Å². The van der Waals surface area contributed by atoms with Gasteiger partial charge in [-0.2, -0.15) is 11.8 Å². The van der Waals surface area contributed by atoms with Gasteiger partial charge in [-0.05, 0) is 42.5 Å². The van der Waals surface area contributed by atoms with Gasteiger partial charge in [0, 0.05) is 24.9 Å². The van der Waals surface area contributed by atoms with E-state index < -0.39 is 0 Å². The Hall–Kier alpha value is -0.580. The maximum atomic E-state index is 13.4. The molecule has 2 N–H and O–H groups in total. The van der Waals surface area contributed by atoms with Crippen LogP contribution in [-0.4, -0.2) is 29.5 Å². The largest absolute Gasteiger partial charge is 0.326 e. The molecule has 1 saturated heterocycles. The summed E-state index contributed by atoms with van der Waals surface area (Å²) in [7, 11) is 2.11. The topological polar surface area (TPSA) is 29.3 Å². The number of rotatable bonds is 4. The van der Waals surface area contributed by atoms with Crippen LogP contribution in [0.15, 0.2) is 18.2 Å². The summed E-state index contributed by atoms with van der Waals surface area (Å²) in [6, 6.07) is 5.75. The summed E-state index contributed by atoms with van der Waals surface area (Å²) in [4.78, 5) is 2.31. The van der Waals surface area contributed by atoms with Crippen LogP contribution in [0.5, 0.6) is 0 Å². The molecule has 1 fully saturated rings. The molecule has 2 nitrogen and oxygen atoms in total. The maximum Gasteiger partial charge on any atom is 0.123 e. The van der Waals surface area contributed by atoms with Crippen LogP contribution in [0.25, 0.3) is 0 Å². The Bertz CT molecular complexity index is 378. The van der Waals surface area contributed by atoms with Gasteiger partial charge in [-0.25, -0.2) is 4.39 Å². The first-order valence-corrected chi connectivity index (χ1v) is 7.11. The molecule has 0 spiro atoms. The van der Waals surface area contributed by atoms with Gasteiger partial charge in [0.1, 0.15) is 5.82 Å². The average Bonchev–Trinajstić information content (AvgIpc) is 2.81. The summed E-state index contributed by atoms with van der Waals surface area (Å²) in [5.74, 6) is 2.25. The maximum absolute atomic E-state index is 13.4. The van der Waals surface area contributed by atoms with Gasteiger partial charge in [-0.15, -0.1) is 0 Å². The standard InChI is InChI=1S/C13H19FN2S/c1-16(13-2-3-17-9-13)8-11-4-10(7-15)5-12(14)6-11/h4-6,13H,2-3,7-9,15H2,1H3. The molecule has 1 heterocycles. The van der Waals surface area contributed by atoms with Crippen LogP contribution in [0, 0.1) is 5.82 Å². The van der Waals surface area contributed by atoms with Crippen molar-refractivity contribution in [2.45, 2.75) is 25.6 Å². The van der Waals surface area contributed by atoms with Crippen LogP contribution in [0.2, 0.25) is 0 Å². The minimum absolute atomic E-state index is 0.183. The molecule has 1 aromatic carbocycles. The summed E-state index contributed by atoms with van der Waals surface area (Å²) in [6.07, 6.45) is 1.24. The molecule has 1 unspecified atom stereocenters. The predicted octanol–water partition coefficient (Wildman–Crippen LogP) is 2.22. The van der Waals surface area contributed by atoms with Crippen molar-refractivity contribution in [3.05, 3.63) is 35.1 Å². The fourth-order valence-electron chi connectivity index (χ4n) is 2.21. The molecule has 2 rings (SSSR count). The molecule has 0 amide bonds. The molecule has 1 aromatic rings. The van der Waals surface area contributed by atoms with E-state index in [9.17, 15) is 4.39 Å². The van der Waals surface area contributed by atoms with Crippen molar-refractivity contribution >= 4 is 11.8 Å². The first-order chi connectivity index (χ1) is 8.19. The van der Waals surface area contributed by atoms with E-state index in [2.05, 4.69) is 11.9 Å². The Morgan fingerprint density at radius 3 is 2.82 bits per heavy atom. The summed E-state index contributed by atoms with van der Waals surface area (Å²) in [5, 5.41) is 0. The second kappa shape index (κ2) is 5.85. The van der Waals surface area contributed by atoms with Gasteiger partial charge < -0.3 is 5.73 Å². The molecular formula is C13H19FN2S. The summed E-state index contributed by atoms with van der Waals surface area (Å²) in [6.45, 7) is 1.20. The van der Waals surface area contributed by atoms with Crippen LogP contribution in [0.1, 0.15) is 17.5 Å². The van der Waals surface area contributed by atoms with E-state index in [0.29, 0.717) is 12.6 Å². The molecule has 1 aliphatic rings. The third kappa shape index (κ3) is 3.44. The highest BCUT2D eigenvalue weighted by atomic mass is 32.2. The van der Waals surface area contributed by atoms with E-state index in [1.165, 1.54) is 24.0 Å². The summed E-state index contributed by atoms with van der Waals surface area (Å²) >= 11 is 2.00. The zero-order valence-electron chi connectivity index (χ0n) is 10.2. The first kappa shape index (κ1) is 12.9. The second-order valence-electron chi connectivity index (χ2n) is 4.60. The number of halogens is 1. The lowest BCUT2D eigenvalue weighted by Gasteiger charge is -2.23. The molecule has 0 bridgehead atoms. The molecule has 17 heavy (non-hydrogen) atoms. The third-order valence-corrected chi connectivity index (χ3v) is 4.36. The number of thioether (sulfide) groups is 1. The molecule has 1 aliphatic heterocycles. The Morgan fingerprint density at radius 1 is 1.41 bits per heavy atom. The van der Waals surface area contributed by atoms with Crippen LogP contribution in [-0.2, 0) is 13.1 Å². The quantitative estimate of drug-likeness (QED) is 0.893. The van der Waals surface area contributed by atoms with Crippen LogP contribution < -0.4 is 5.73 Å². The molecule has 0 aromatic heterocycles. The molecule has 94 valence electrons. The fourth-order valence-corrected chi connectivity index (χ4v) is 3.51. The van der Waals surface area contributed by atoms with E-state index >= 15 is 0 Å². The van der Waals surface area contributed by atoms with Crippen molar-refractivity contribution in [2.75, 3.05) is 18.6 Å². The van der Waals surface area contributed by atoms with Gasteiger partial charge >= 0.3 is 0 Å². The lowest BCUT2D eigenvalue weighted by molar-refractivity contribution is 0.254. The minimum atomic E-state index is -0.183. The summed E-state index contributed by atoms with van der Waals surface area (Å²) in [5.41, 5.74) is 7.44. The van der Waals surface area contributed by atoms with Gasteiger partial charge in [-0.1, -0.05) is 6.07 Å². The normalized spacial score (nSPS) is 20.1. The van der Waals surface area contributed by atoms with Crippen molar-refractivity contribution in [3.8, 4) is 0 Å². The number of hydrogen-bond acceptors (Lipinski definition) is 3. The Labute approximate surface area is 106 Å². The molecule has 4 heteroatoms. The van der Waals surface area contributed by atoms with E-state index in [4.69, 9.17) is 5.73 Å². The van der Waals surface area contributed by atoms with Crippen molar-refractivity contribution in [2.24, 2.45) is 5.73 Å². The lowest BCUT2D eigenvalue weighted by Crippen LogP contribution is -2.30. The molecule has 1 atom stereocenters. The number of hydrogen-bond donors (Lipinski definition) is 1. The van der Waals surface area contributed by atoms with Gasteiger partial charge in [0.15, 0.2) is 0 Å². The molecule has 0 saturated carbocycles. The van der Waals surface area contributed by atoms with Gasteiger partial charge in [-0.3, -0.25) is 4.90 Å². The Kier molecular flexibility index (Phi) is 4.42. The third-order valence-electron chi connectivity index (χ3n) is 3.21. The Balaban J connectivity index is 2.04. The lowest BCUT2D eigenvalue weighted by atomic mass is 10.1. The number of nitrogens with two attached hydrogens (primary N) is 1. The number of benzene rings is 1. The van der Waals surface area contributed by atoms with Crippen LogP contribution in [0.3, 0.4) is 0 Å². The second-order valence-corrected chi connectivity index (χ2v) is 5.75.